The van der Waals surface area contributed by atoms with Crippen LogP contribution in [0.5, 0.6) is 0 Å². The number of halogens is 1. The highest BCUT2D eigenvalue weighted by Gasteiger charge is 2.06. The lowest BCUT2D eigenvalue weighted by molar-refractivity contribution is -0.108. The van der Waals surface area contributed by atoms with Gasteiger partial charge >= 0.3 is 0 Å². The van der Waals surface area contributed by atoms with Crippen LogP contribution < -0.4 is 0 Å². The van der Waals surface area contributed by atoms with Crippen molar-refractivity contribution in [1.29, 1.82) is 0 Å². The highest BCUT2D eigenvalue weighted by Crippen LogP contribution is 2.28. The van der Waals surface area contributed by atoms with Crippen LogP contribution in [0.2, 0.25) is 5.02 Å². The second-order valence-electron chi connectivity index (χ2n) is 5.23. The molecule has 0 amide bonds. The fourth-order valence-electron chi connectivity index (χ4n) is 2.34. The van der Waals surface area contributed by atoms with Crippen LogP contribution in [-0.4, -0.2) is 24.8 Å². The van der Waals surface area contributed by atoms with E-state index in [0.29, 0.717) is 6.42 Å². The molecule has 0 aliphatic heterocycles. The molecule has 0 heterocycles. The first-order valence-corrected chi connectivity index (χ1v) is 7.54. The summed E-state index contributed by atoms with van der Waals surface area (Å²) in [7, 11) is 2.06. The zero-order chi connectivity index (χ0) is 15.1. The summed E-state index contributed by atoms with van der Waals surface area (Å²) in [4.78, 5) is 12.5. The van der Waals surface area contributed by atoms with Crippen LogP contribution in [0.1, 0.15) is 18.4 Å². The third-order valence-corrected chi connectivity index (χ3v) is 3.75. The smallest absolute Gasteiger partial charge is 0.120 e. The van der Waals surface area contributed by atoms with E-state index in [1.54, 1.807) is 0 Å². The molecule has 0 bridgehead atoms. The van der Waals surface area contributed by atoms with Crippen molar-refractivity contribution in [3.05, 3.63) is 59.1 Å². The first-order chi connectivity index (χ1) is 10.2. The fraction of sp³-hybridized carbons (Fsp3) is 0.278. The van der Waals surface area contributed by atoms with Crippen molar-refractivity contribution in [2.75, 3.05) is 13.6 Å². The van der Waals surface area contributed by atoms with E-state index in [1.165, 1.54) is 5.56 Å². The third-order valence-electron chi connectivity index (χ3n) is 3.43. The molecule has 0 unspecified atom stereocenters. The van der Waals surface area contributed by atoms with Crippen LogP contribution in [-0.2, 0) is 11.3 Å². The van der Waals surface area contributed by atoms with Crippen molar-refractivity contribution in [2.24, 2.45) is 0 Å². The Balaban J connectivity index is 2.04. The molecule has 0 saturated carbocycles. The Morgan fingerprint density at radius 3 is 2.57 bits per heavy atom. The molecule has 0 radical (unpaired) electrons. The van der Waals surface area contributed by atoms with Crippen molar-refractivity contribution in [1.82, 2.24) is 4.90 Å². The molecule has 110 valence electrons. The highest BCUT2D eigenvalue weighted by atomic mass is 35.5. The van der Waals surface area contributed by atoms with E-state index >= 15 is 0 Å². The predicted octanol–water partition coefficient (Wildman–Crippen LogP) is 4.42. The van der Waals surface area contributed by atoms with Gasteiger partial charge in [0.1, 0.15) is 6.29 Å². The quantitative estimate of drug-likeness (QED) is 0.557. The highest BCUT2D eigenvalue weighted by molar-refractivity contribution is 6.33. The molecule has 21 heavy (non-hydrogen) atoms. The molecule has 2 aromatic rings. The van der Waals surface area contributed by atoms with Crippen LogP contribution in [0.25, 0.3) is 11.1 Å². The van der Waals surface area contributed by atoms with Gasteiger partial charge in [-0.05, 0) is 37.2 Å². The van der Waals surface area contributed by atoms with Gasteiger partial charge in [-0.25, -0.2) is 0 Å². The molecule has 0 atom stereocenters. The lowest BCUT2D eigenvalue weighted by Gasteiger charge is -2.16. The lowest BCUT2D eigenvalue weighted by Crippen LogP contribution is -2.19. The Morgan fingerprint density at radius 2 is 1.90 bits per heavy atom. The molecule has 2 aromatic carbocycles. The zero-order valence-corrected chi connectivity index (χ0v) is 13.0. The van der Waals surface area contributed by atoms with Gasteiger partial charge in [-0.3, -0.25) is 0 Å². The SMILES string of the molecule is CN(CCCC=O)Cc1ccc(-c2ccccc2)c(Cl)c1. The minimum atomic E-state index is 0.623. The number of unbranched alkanes of at least 4 members (excludes halogenated alkanes) is 1. The minimum absolute atomic E-state index is 0.623. The zero-order valence-electron chi connectivity index (χ0n) is 12.3. The number of nitrogens with zero attached hydrogens (tertiary/aromatic N) is 1. The molecule has 0 fully saturated rings. The van der Waals surface area contributed by atoms with Gasteiger partial charge in [0.25, 0.3) is 0 Å². The van der Waals surface area contributed by atoms with E-state index in [-0.39, 0.29) is 0 Å². The maximum Gasteiger partial charge on any atom is 0.120 e. The van der Waals surface area contributed by atoms with Crippen molar-refractivity contribution >= 4 is 17.9 Å². The number of hydrogen-bond acceptors (Lipinski definition) is 2. The van der Waals surface area contributed by atoms with Gasteiger partial charge in [-0.15, -0.1) is 0 Å². The fourth-order valence-corrected chi connectivity index (χ4v) is 2.66. The second-order valence-corrected chi connectivity index (χ2v) is 5.63. The molecule has 0 N–H and O–H groups in total. The van der Waals surface area contributed by atoms with Crippen LogP contribution in [0.15, 0.2) is 48.5 Å². The molecular formula is C18H20ClNO. The van der Waals surface area contributed by atoms with E-state index < -0.39 is 0 Å². The Bertz CT molecular complexity index is 583. The summed E-state index contributed by atoms with van der Waals surface area (Å²) in [6.07, 6.45) is 2.49. The first-order valence-electron chi connectivity index (χ1n) is 7.16. The van der Waals surface area contributed by atoms with Gasteiger partial charge in [0.05, 0.1) is 0 Å². The number of hydrogen-bond donors (Lipinski definition) is 0. The summed E-state index contributed by atoms with van der Waals surface area (Å²) in [5.41, 5.74) is 3.38. The second kappa shape index (κ2) is 7.96. The summed E-state index contributed by atoms with van der Waals surface area (Å²) >= 11 is 6.41. The molecule has 3 heteroatoms. The van der Waals surface area contributed by atoms with Crippen LogP contribution >= 0.6 is 11.6 Å². The van der Waals surface area contributed by atoms with Gasteiger partial charge in [-0.1, -0.05) is 54.1 Å². The van der Waals surface area contributed by atoms with Crippen LogP contribution in [0.3, 0.4) is 0 Å². The topological polar surface area (TPSA) is 20.3 Å². The normalized spacial score (nSPS) is 10.8. The summed E-state index contributed by atoms with van der Waals surface area (Å²) < 4.78 is 0. The molecule has 0 aliphatic rings. The monoisotopic (exact) mass is 301 g/mol. The maximum atomic E-state index is 10.3. The number of carbonyl (C=O) groups excluding carboxylic acids is 1. The number of benzene rings is 2. The number of carbonyl (C=O) groups is 1. The van der Waals surface area contributed by atoms with Gasteiger partial charge in [0.15, 0.2) is 0 Å². The predicted molar refractivity (Wildman–Crippen MR) is 88.5 cm³/mol. The molecule has 0 spiro atoms. The molecule has 0 saturated heterocycles. The molecular weight excluding hydrogens is 282 g/mol. The Morgan fingerprint density at radius 1 is 1.14 bits per heavy atom. The largest absolute Gasteiger partial charge is 0.303 e. The Hall–Kier alpha value is -1.64. The molecule has 0 aromatic heterocycles. The van der Waals surface area contributed by atoms with Crippen molar-refractivity contribution in [3.63, 3.8) is 0 Å². The maximum absolute atomic E-state index is 10.3. The van der Waals surface area contributed by atoms with Crippen molar-refractivity contribution in [3.8, 4) is 11.1 Å². The third kappa shape index (κ3) is 4.69. The molecule has 0 aliphatic carbocycles. The van der Waals surface area contributed by atoms with Crippen molar-refractivity contribution < 1.29 is 4.79 Å². The first kappa shape index (κ1) is 15.7. The number of aldehydes is 1. The van der Waals surface area contributed by atoms with Gasteiger partial charge in [0, 0.05) is 23.6 Å². The van der Waals surface area contributed by atoms with E-state index in [9.17, 15) is 4.79 Å². The average Bonchev–Trinajstić information content (AvgIpc) is 2.48. The minimum Gasteiger partial charge on any atom is -0.303 e. The van der Waals surface area contributed by atoms with E-state index in [0.717, 1.165) is 41.9 Å². The van der Waals surface area contributed by atoms with Gasteiger partial charge in [0.2, 0.25) is 0 Å². The Labute approximate surface area is 131 Å². The van der Waals surface area contributed by atoms with Crippen LogP contribution in [0, 0.1) is 0 Å². The standard InChI is InChI=1S/C18H20ClNO/c1-20(11-5-6-12-21)14-15-9-10-17(18(19)13-15)16-7-3-2-4-8-16/h2-4,7-10,12-13H,5-6,11,14H2,1H3. The summed E-state index contributed by atoms with van der Waals surface area (Å²) in [5, 5.41) is 0.778. The van der Waals surface area contributed by atoms with E-state index in [1.807, 2.05) is 24.3 Å². The summed E-state index contributed by atoms with van der Waals surface area (Å²) in [5.74, 6) is 0. The number of rotatable bonds is 7. The van der Waals surface area contributed by atoms with Gasteiger partial charge in [-0.2, -0.15) is 0 Å². The van der Waals surface area contributed by atoms with Gasteiger partial charge < -0.3 is 9.69 Å². The summed E-state index contributed by atoms with van der Waals surface area (Å²) in [6, 6.07) is 16.4. The average molecular weight is 302 g/mol. The molecule has 2 nitrogen and oxygen atoms in total. The molecule has 2 rings (SSSR count). The van der Waals surface area contributed by atoms with E-state index in [4.69, 9.17) is 11.6 Å². The van der Waals surface area contributed by atoms with Crippen LogP contribution in [0.4, 0.5) is 0 Å². The van der Waals surface area contributed by atoms with Crippen molar-refractivity contribution in [2.45, 2.75) is 19.4 Å². The Kier molecular flexibility index (Phi) is 5.97. The van der Waals surface area contributed by atoms with E-state index in [2.05, 4.69) is 36.2 Å². The lowest BCUT2D eigenvalue weighted by atomic mass is 10.0. The summed E-state index contributed by atoms with van der Waals surface area (Å²) in [6.45, 7) is 1.75.